The van der Waals surface area contributed by atoms with Gasteiger partial charge in [0.2, 0.25) is 0 Å². The molecule has 0 spiro atoms. The van der Waals surface area contributed by atoms with Crippen LogP contribution in [0.3, 0.4) is 0 Å². The number of hydrogen-bond donors (Lipinski definition) is 0. The molecule has 0 radical (unpaired) electrons. The molecule has 0 bridgehead atoms. The van der Waals surface area contributed by atoms with Crippen molar-refractivity contribution in [3.8, 4) is 0 Å². The summed E-state index contributed by atoms with van der Waals surface area (Å²) < 4.78 is 5.08. The first-order valence-corrected chi connectivity index (χ1v) is 4.29. The minimum atomic E-state index is -0.607. The summed E-state index contributed by atoms with van der Waals surface area (Å²) in [5, 5.41) is 0. The smallest absolute Gasteiger partial charge is 0.333 e. The summed E-state index contributed by atoms with van der Waals surface area (Å²) in [6, 6.07) is 0. The Kier molecular flexibility index (Phi) is 2.50. The SMILES string of the molecule is CC(C)OC(=O)C1(C)CCC=N1. The highest BCUT2D eigenvalue weighted by Gasteiger charge is 2.36. The first kappa shape index (κ1) is 9.23. The number of rotatable bonds is 2. The van der Waals surface area contributed by atoms with Gasteiger partial charge in [-0.1, -0.05) is 0 Å². The van der Waals surface area contributed by atoms with Crippen molar-refractivity contribution in [2.24, 2.45) is 4.99 Å². The van der Waals surface area contributed by atoms with Gasteiger partial charge in [0.15, 0.2) is 5.54 Å². The molecule has 0 aromatic rings. The molecule has 0 aromatic heterocycles. The van der Waals surface area contributed by atoms with Crippen molar-refractivity contribution < 1.29 is 9.53 Å². The normalized spacial score (nSPS) is 28.0. The molecule has 12 heavy (non-hydrogen) atoms. The summed E-state index contributed by atoms with van der Waals surface area (Å²) >= 11 is 0. The molecule has 1 aliphatic heterocycles. The van der Waals surface area contributed by atoms with E-state index < -0.39 is 5.54 Å². The molecular weight excluding hydrogens is 154 g/mol. The monoisotopic (exact) mass is 169 g/mol. The van der Waals surface area contributed by atoms with Crippen LogP contribution in [0.15, 0.2) is 4.99 Å². The molecule has 0 N–H and O–H groups in total. The minimum absolute atomic E-state index is 0.0508. The summed E-state index contributed by atoms with van der Waals surface area (Å²) in [6.45, 7) is 5.51. The lowest BCUT2D eigenvalue weighted by atomic mass is 10.0. The summed E-state index contributed by atoms with van der Waals surface area (Å²) in [5.41, 5.74) is -0.607. The number of aliphatic imine (C=N–C) groups is 1. The number of esters is 1. The molecule has 1 aliphatic rings. The van der Waals surface area contributed by atoms with Gasteiger partial charge in [-0.15, -0.1) is 0 Å². The molecule has 1 rings (SSSR count). The Labute approximate surface area is 72.8 Å². The molecule has 1 unspecified atom stereocenters. The van der Waals surface area contributed by atoms with Crippen LogP contribution in [-0.2, 0) is 9.53 Å². The average Bonchev–Trinajstić information content (AvgIpc) is 2.36. The number of hydrogen-bond acceptors (Lipinski definition) is 3. The van der Waals surface area contributed by atoms with Crippen LogP contribution < -0.4 is 0 Å². The zero-order chi connectivity index (χ0) is 9.19. The lowest BCUT2D eigenvalue weighted by Crippen LogP contribution is -2.34. The number of carbonyl (C=O) groups is 1. The van der Waals surface area contributed by atoms with E-state index in [9.17, 15) is 4.79 Å². The van der Waals surface area contributed by atoms with Gasteiger partial charge < -0.3 is 4.74 Å². The predicted octanol–water partition coefficient (Wildman–Crippen LogP) is 1.56. The largest absolute Gasteiger partial charge is 0.461 e. The Balaban J connectivity index is 2.57. The van der Waals surface area contributed by atoms with Crippen LogP contribution in [0.1, 0.15) is 33.6 Å². The second kappa shape index (κ2) is 3.25. The molecule has 0 fully saturated rings. The first-order chi connectivity index (χ1) is 5.54. The van der Waals surface area contributed by atoms with E-state index in [0.29, 0.717) is 0 Å². The van der Waals surface area contributed by atoms with Crippen molar-refractivity contribution in [1.82, 2.24) is 0 Å². The minimum Gasteiger partial charge on any atom is -0.461 e. The van der Waals surface area contributed by atoms with E-state index in [0.717, 1.165) is 12.8 Å². The number of nitrogens with zero attached hydrogens (tertiary/aromatic N) is 1. The highest BCUT2D eigenvalue weighted by molar-refractivity contribution is 5.84. The van der Waals surface area contributed by atoms with Crippen molar-refractivity contribution in [2.45, 2.75) is 45.3 Å². The molecule has 68 valence electrons. The average molecular weight is 169 g/mol. The molecule has 3 nitrogen and oxygen atoms in total. The quantitative estimate of drug-likeness (QED) is 0.588. The Morgan fingerprint density at radius 1 is 1.67 bits per heavy atom. The van der Waals surface area contributed by atoms with E-state index in [1.807, 2.05) is 20.8 Å². The van der Waals surface area contributed by atoms with E-state index in [2.05, 4.69) is 4.99 Å². The van der Waals surface area contributed by atoms with Gasteiger partial charge in [-0.2, -0.15) is 0 Å². The van der Waals surface area contributed by atoms with Crippen LogP contribution in [0.25, 0.3) is 0 Å². The maximum absolute atomic E-state index is 11.4. The third-order valence-corrected chi connectivity index (χ3v) is 1.92. The van der Waals surface area contributed by atoms with Crippen LogP contribution in [0, 0.1) is 0 Å². The summed E-state index contributed by atoms with van der Waals surface area (Å²) in [7, 11) is 0. The summed E-state index contributed by atoms with van der Waals surface area (Å²) in [6.07, 6.45) is 3.40. The molecule has 0 aromatic carbocycles. The van der Waals surface area contributed by atoms with Crippen molar-refractivity contribution in [2.75, 3.05) is 0 Å². The van der Waals surface area contributed by atoms with Crippen molar-refractivity contribution in [1.29, 1.82) is 0 Å². The Morgan fingerprint density at radius 2 is 2.33 bits per heavy atom. The molecule has 0 aliphatic carbocycles. The lowest BCUT2D eigenvalue weighted by molar-refractivity contribution is -0.153. The highest BCUT2D eigenvalue weighted by atomic mass is 16.5. The molecule has 0 saturated heterocycles. The summed E-state index contributed by atoms with van der Waals surface area (Å²) in [5.74, 6) is -0.203. The fraction of sp³-hybridized carbons (Fsp3) is 0.778. The molecular formula is C9H15NO2. The maximum Gasteiger partial charge on any atom is 0.333 e. The fourth-order valence-corrected chi connectivity index (χ4v) is 1.17. The Bertz CT molecular complexity index is 211. The van der Waals surface area contributed by atoms with E-state index in [1.165, 1.54) is 0 Å². The third kappa shape index (κ3) is 1.84. The van der Waals surface area contributed by atoms with E-state index in [4.69, 9.17) is 4.74 Å². The van der Waals surface area contributed by atoms with Gasteiger partial charge in [-0.3, -0.25) is 4.99 Å². The van der Waals surface area contributed by atoms with Crippen molar-refractivity contribution in [3.05, 3.63) is 0 Å². The van der Waals surface area contributed by atoms with Crippen LogP contribution in [0.5, 0.6) is 0 Å². The standard InChI is InChI=1S/C9H15NO2/c1-7(2)12-8(11)9(3)5-4-6-10-9/h6-7H,4-5H2,1-3H3. The molecule has 3 heteroatoms. The first-order valence-electron chi connectivity index (χ1n) is 4.29. The maximum atomic E-state index is 11.4. The molecule has 0 amide bonds. The van der Waals surface area contributed by atoms with Gasteiger partial charge in [-0.25, -0.2) is 4.79 Å². The van der Waals surface area contributed by atoms with Gasteiger partial charge in [0.25, 0.3) is 0 Å². The Morgan fingerprint density at radius 3 is 2.75 bits per heavy atom. The van der Waals surface area contributed by atoms with Gasteiger partial charge in [0.05, 0.1) is 6.10 Å². The highest BCUT2D eigenvalue weighted by Crippen LogP contribution is 2.24. The van der Waals surface area contributed by atoms with Gasteiger partial charge in [0.1, 0.15) is 0 Å². The number of carbonyl (C=O) groups excluding carboxylic acids is 1. The Hall–Kier alpha value is -0.860. The van der Waals surface area contributed by atoms with Crippen molar-refractivity contribution >= 4 is 12.2 Å². The second-order valence-electron chi connectivity index (χ2n) is 3.58. The zero-order valence-electron chi connectivity index (χ0n) is 7.83. The molecule has 1 atom stereocenters. The van der Waals surface area contributed by atoms with Crippen LogP contribution in [0.4, 0.5) is 0 Å². The van der Waals surface area contributed by atoms with E-state index >= 15 is 0 Å². The fourth-order valence-electron chi connectivity index (χ4n) is 1.17. The zero-order valence-corrected chi connectivity index (χ0v) is 7.83. The second-order valence-corrected chi connectivity index (χ2v) is 3.58. The number of ether oxygens (including phenoxy) is 1. The van der Waals surface area contributed by atoms with Crippen LogP contribution in [0.2, 0.25) is 0 Å². The molecule has 1 heterocycles. The van der Waals surface area contributed by atoms with Gasteiger partial charge in [0, 0.05) is 6.21 Å². The summed E-state index contributed by atoms with van der Waals surface area (Å²) in [4.78, 5) is 15.6. The van der Waals surface area contributed by atoms with E-state index in [-0.39, 0.29) is 12.1 Å². The van der Waals surface area contributed by atoms with Crippen LogP contribution >= 0.6 is 0 Å². The molecule has 0 saturated carbocycles. The van der Waals surface area contributed by atoms with E-state index in [1.54, 1.807) is 6.21 Å². The topological polar surface area (TPSA) is 38.7 Å². The third-order valence-electron chi connectivity index (χ3n) is 1.92. The van der Waals surface area contributed by atoms with Crippen LogP contribution in [-0.4, -0.2) is 23.8 Å². The van der Waals surface area contributed by atoms with Crippen molar-refractivity contribution in [3.63, 3.8) is 0 Å². The van der Waals surface area contributed by atoms with Gasteiger partial charge in [-0.05, 0) is 33.6 Å². The predicted molar refractivity (Wildman–Crippen MR) is 47.4 cm³/mol. The lowest BCUT2D eigenvalue weighted by Gasteiger charge is -2.20. The van der Waals surface area contributed by atoms with Gasteiger partial charge >= 0.3 is 5.97 Å².